The Morgan fingerprint density at radius 2 is 2.12 bits per heavy atom. The van der Waals surface area contributed by atoms with Crippen LogP contribution in [0.4, 0.5) is 0 Å². The molecule has 2 saturated heterocycles. The molecule has 2 aliphatic heterocycles. The van der Waals surface area contributed by atoms with Crippen LogP contribution in [0.5, 0.6) is 0 Å². The molecule has 1 aromatic rings. The molecule has 24 heavy (non-hydrogen) atoms. The molecule has 130 valence electrons. The van der Waals surface area contributed by atoms with E-state index in [0.717, 1.165) is 51.3 Å². The first-order valence-electron chi connectivity index (χ1n) is 9.26. The number of carbonyl (C=O) groups is 1. The van der Waals surface area contributed by atoms with Gasteiger partial charge in [0.15, 0.2) is 0 Å². The summed E-state index contributed by atoms with van der Waals surface area (Å²) in [4.78, 5) is 22.1. The van der Waals surface area contributed by atoms with E-state index in [9.17, 15) is 4.79 Å². The first kappa shape index (κ1) is 16.0. The predicted molar refractivity (Wildman–Crippen MR) is 91.3 cm³/mol. The molecule has 1 aliphatic carbocycles. The van der Waals surface area contributed by atoms with Crippen molar-refractivity contribution in [1.29, 1.82) is 0 Å². The van der Waals surface area contributed by atoms with Crippen LogP contribution in [-0.2, 0) is 16.1 Å². The lowest BCUT2D eigenvalue weighted by Crippen LogP contribution is -2.47. The lowest BCUT2D eigenvalue weighted by molar-refractivity contribution is -0.143. The van der Waals surface area contributed by atoms with E-state index in [4.69, 9.17) is 4.74 Å². The van der Waals surface area contributed by atoms with Crippen molar-refractivity contribution in [2.24, 2.45) is 11.3 Å². The molecule has 0 radical (unpaired) electrons. The van der Waals surface area contributed by atoms with Gasteiger partial charge in [-0.2, -0.15) is 0 Å². The summed E-state index contributed by atoms with van der Waals surface area (Å²) in [6.45, 7) is 5.95. The van der Waals surface area contributed by atoms with E-state index in [1.165, 1.54) is 12.8 Å². The molecule has 0 bridgehead atoms. The number of aromatic nitrogens is 1. The zero-order valence-electron chi connectivity index (χ0n) is 14.3. The first-order chi connectivity index (χ1) is 11.8. The van der Waals surface area contributed by atoms with E-state index >= 15 is 0 Å². The van der Waals surface area contributed by atoms with Gasteiger partial charge in [0.1, 0.15) is 0 Å². The maximum Gasteiger partial charge on any atom is 0.226 e. The number of likely N-dealkylation sites (tertiary alicyclic amines) is 1. The quantitative estimate of drug-likeness (QED) is 0.850. The Labute approximate surface area is 144 Å². The molecule has 5 nitrogen and oxygen atoms in total. The van der Waals surface area contributed by atoms with Gasteiger partial charge in [-0.25, -0.2) is 0 Å². The molecule has 3 heterocycles. The summed E-state index contributed by atoms with van der Waals surface area (Å²) in [6.07, 6.45) is 6.47. The van der Waals surface area contributed by atoms with Gasteiger partial charge in [-0.1, -0.05) is 12.5 Å². The van der Waals surface area contributed by atoms with Gasteiger partial charge in [-0.15, -0.1) is 0 Å². The molecule has 3 aliphatic rings. The normalized spacial score (nSPS) is 31.0. The molecule has 5 heteroatoms. The Morgan fingerprint density at radius 1 is 1.25 bits per heavy atom. The molecule has 2 atom stereocenters. The van der Waals surface area contributed by atoms with Gasteiger partial charge in [0, 0.05) is 38.3 Å². The summed E-state index contributed by atoms with van der Waals surface area (Å²) in [6, 6.07) is 6.10. The topological polar surface area (TPSA) is 45.7 Å². The summed E-state index contributed by atoms with van der Waals surface area (Å²) in [7, 11) is 0. The van der Waals surface area contributed by atoms with Crippen molar-refractivity contribution in [3.63, 3.8) is 0 Å². The zero-order valence-corrected chi connectivity index (χ0v) is 14.3. The van der Waals surface area contributed by atoms with Crippen molar-refractivity contribution in [1.82, 2.24) is 14.8 Å². The van der Waals surface area contributed by atoms with Gasteiger partial charge in [0.25, 0.3) is 0 Å². The van der Waals surface area contributed by atoms with Crippen LogP contribution < -0.4 is 0 Å². The Balaban J connectivity index is 1.43. The molecule has 0 unspecified atom stereocenters. The van der Waals surface area contributed by atoms with Crippen molar-refractivity contribution < 1.29 is 9.53 Å². The molecular weight excluding hydrogens is 302 g/mol. The third-order valence-corrected chi connectivity index (χ3v) is 6.10. The van der Waals surface area contributed by atoms with Crippen LogP contribution in [0.3, 0.4) is 0 Å². The highest BCUT2D eigenvalue weighted by Gasteiger charge is 2.51. The van der Waals surface area contributed by atoms with E-state index in [2.05, 4.69) is 22.0 Å². The summed E-state index contributed by atoms with van der Waals surface area (Å²) < 4.78 is 5.40. The van der Waals surface area contributed by atoms with E-state index < -0.39 is 0 Å². The average Bonchev–Trinajstić information content (AvgIpc) is 3.23. The van der Waals surface area contributed by atoms with Crippen molar-refractivity contribution >= 4 is 5.91 Å². The molecule has 0 N–H and O–H groups in total. The van der Waals surface area contributed by atoms with Gasteiger partial charge in [-0.05, 0) is 43.4 Å². The highest BCUT2D eigenvalue weighted by Crippen LogP contribution is 2.50. The number of hydrogen-bond donors (Lipinski definition) is 0. The molecular formula is C19H27N3O2. The Hall–Kier alpha value is -1.46. The predicted octanol–water partition coefficient (Wildman–Crippen LogP) is 1.93. The van der Waals surface area contributed by atoms with E-state index in [1.54, 1.807) is 0 Å². The van der Waals surface area contributed by atoms with E-state index in [0.29, 0.717) is 19.1 Å². The molecule has 3 fully saturated rings. The van der Waals surface area contributed by atoms with Crippen LogP contribution in [0.15, 0.2) is 24.4 Å². The van der Waals surface area contributed by atoms with Gasteiger partial charge in [0.05, 0.1) is 18.9 Å². The number of rotatable bonds is 3. The number of hydrogen-bond acceptors (Lipinski definition) is 4. The number of amides is 1. The molecule has 1 aromatic heterocycles. The zero-order chi connectivity index (χ0) is 16.4. The fraction of sp³-hybridized carbons (Fsp3) is 0.684. The highest BCUT2D eigenvalue weighted by molar-refractivity contribution is 5.80. The number of ether oxygens (including phenoxy) is 1. The van der Waals surface area contributed by atoms with Gasteiger partial charge in [0.2, 0.25) is 5.91 Å². The minimum absolute atomic E-state index is 0.199. The van der Waals surface area contributed by atoms with Crippen molar-refractivity contribution in [3.8, 4) is 0 Å². The molecule has 1 spiro atoms. The third kappa shape index (κ3) is 3.07. The van der Waals surface area contributed by atoms with Crippen molar-refractivity contribution in [2.45, 2.75) is 32.2 Å². The van der Waals surface area contributed by atoms with Crippen LogP contribution in [0.2, 0.25) is 0 Å². The summed E-state index contributed by atoms with van der Waals surface area (Å²) in [5, 5.41) is 0. The smallest absolute Gasteiger partial charge is 0.226 e. The number of pyridine rings is 1. The standard InChI is InChI=1S/C19H27N3O2/c23-18(22-10-12-24-13-11-22)17-5-3-6-19(17)7-9-21(15-19)14-16-4-1-2-8-20-16/h1-2,4,8,17H,3,5-7,9-15H2/t17-,19-/m1/s1. The van der Waals surface area contributed by atoms with Gasteiger partial charge < -0.3 is 9.64 Å². The van der Waals surface area contributed by atoms with Gasteiger partial charge in [-0.3, -0.25) is 14.7 Å². The number of carbonyl (C=O) groups excluding carboxylic acids is 1. The number of morpholine rings is 1. The third-order valence-electron chi connectivity index (χ3n) is 6.10. The summed E-state index contributed by atoms with van der Waals surface area (Å²) in [5.74, 6) is 0.597. The summed E-state index contributed by atoms with van der Waals surface area (Å²) >= 11 is 0. The number of nitrogens with zero attached hydrogens (tertiary/aromatic N) is 3. The molecule has 1 saturated carbocycles. The second-order valence-corrected chi connectivity index (χ2v) is 7.53. The lowest BCUT2D eigenvalue weighted by Gasteiger charge is -2.36. The Kier molecular flexibility index (Phi) is 4.55. The van der Waals surface area contributed by atoms with Crippen LogP contribution in [0.1, 0.15) is 31.4 Å². The van der Waals surface area contributed by atoms with Gasteiger partial charge >= 0.3 is 0 Å². The average molecular weight is 329 g/mol. The Morgan fingerprint density at radius 3 is 2.92 bits per heavy atom. The van der Waals surface area contributed by atoms with Crippen LogP contribution >= 0.6 is 0 Å². The second kappa shape index (κ2) is 6.81. The van der Waals surface area contributed by atoms with Crippen LogP contribution in [0.25, 0.3) is 0 Å². The SMILES string of the molecule is O=C([C@H]1CCC[C@]12CCN(Cc1ccccn1)C2)N1CCOCC1. The minimum atomic E-state index is 0.199. The lowest BCUT2D eigenvalue weighted by atomic mass is 9.76. The minimum Gasteiger partial charge on any atom is -0.378 e. The monoisotopic (exact) mass is 329 g/mol. The van der Waals surface area contributed by atoms with Crippen LogP contribution in [0, 0.1) is 11.3 Å². The second-order valence-electron chi connectivity index (χ2n) is 7.53. The fourth-order valence-corrected chi connectivity index (χ4v) is 4.86. The molecule has 0 aromatic carbocycles. The maximum atomic E-state index is 13.1. The largest absolute Gasteiger partial charge is 0.378 e. The maximum absolute atomic E-state index is 13.1. The van der Waals surface area contributed by atoms with E-state index in [-0.39, 0.29) is 11.3 Å². The fourth-order valence-electron chi connectivity index (χ4n) is 4.86. The van der Waals surface area contributed by atoms with Crippen molar-refractivity contribution in [3.05, 3.63) is 30.1 Å². The van der Waals surface area contributed by atoms with E-state index in [1.807, 2.05) is 17.2 Å². The molecule has 4 rings (SSSR count). The first-order valence-corrected chi connectivity index (χ1v) is 9.26. The highest BCUT2D eigenvalue weighted by atomic mass is 16.5. The van der Waals surface area contributed by atoms with Crippen molar-refractivity contribution in [2.75, 3.05) is 39.4 Å². The van der Waals surface area contributed by atoms with Crippen LogP contribution in [-0.4, -0.2) is 60.1 Å². The summed E-state index contributed by atoms with van der Waals surface area (Å²) in [5.41, 5.74) is 1.33. The molecule has 1 amide bonds. The Bertz CT molecular complexity index is 573.